The van der Waals surface area contributed by atoms with E-state index >= 15 is 0 Å². The number of nitrogens with zero attached hydrogens (tertiary/aromatic N) is 1. The zero-order valence-electron chi connectivity index (χ0n) is 18.1. The highest BCUT2D eigenvalue weighted by Gasteiger charge is 2.39. The van der Waals surface area contributed by atoms with Gasteiger partial charge in [0.2, 0.25) is 0 Å². The third-order valence-electron chi connectivity index (χ3n) is 5.67. The molecule has 1 aromatic carbocycles. The number of carbonyl (C=O) groups is 1. The van der Waals surface area contributed by atoms with Gasteiger partial charge in [-0.3, -0.25) is 9.10 Å². The van der Waals surface area contributed by atoms with Crippen LogP contribution < -0.4 is 19.1 Å². The molecule has 1 amide bonds. The topological polar surface area (TPSA) is 84.9 Å². The smallest absolute Gasteiger partial charge is 0.270 e. The van der Waals surface area contributed by atoms with Crippen LogP contribution in [0.3, 0.4) is 0 Å². The van der Waals surface area contributed by atoms with Gasteiger partial charge in [0, 0.05) is 24.7 Å². The predicted molar refractivity (Wildman–Crippen MR) is 118 cm³/mol. The first-order chi connectivity index (χ1) is 14.3. The Kier molecular flexibility index (Phi) is 6.75. The quantitative estimate of drug-likeness (QED) is 0.663. The maximum absolute atomic E-state index is 13.3. The van der Waals surface area contributed by atoms with E-state index in [0.29, 0.717) is 34.9 Å². The van der Waals surface area contributed by atoms with Crippen molar-refractivity contribution in [3.05, 3.63) is 34.3 Å². The van der Waals surface area contributed by atoms with E-state index in [1.807, 2.05) is 0 Å². The van der Waals surface area contributed by atoms with Gasteiger partial charge in [-0.05, 0) is 57.6 Å². The number of hydrogen-bond acceptors (Lipinski definition) is 5. The standard InChI is InChI=1S/C22H30N2O5S/c1-5-24-18-14-20(29-4)19(28-3)13-17(18)15(2)21(30(24,26)27)22(25)23-12-11-16-9-7-6-8-10-16/h9,13-14H,5-8,10-12H2,1-4H3,(H,23,25). The molecule has 0 saturated heterocycles. The Bertz CT molecular complexity index is 995. The number of nitrogens with one attached hydrogen (secondary N) is 1. The third-order valence-corrected chi connectivity index (χ3v) is 7.72. The van der Waals surface area contributed by atoms with Crippen molar-refractivity contribution in [1.82, 2.24) is 5.32 Å². The summed E-state index contributed by atoms with van der Waals surface area (Å²) in [7, 11) is -0.963. The summed E-state index contributed by atoms with van der Waals surface area (Å²) in [6.45, 7) is 4.02. The zero-order valence-corrected chi connectivity index (χ0v) is 18.9. The second-order valence-electron chi connectivity index (χ2n) is 7.46. The monoisotopic (exact) mass is 434 g/mol. The van der Waals surface area contributed by atoms with Crippen molar-refractivity contribution in [3.63, 3.8) is 0 Å². The largest absolute Gasteiger partial charge is 0.493 e. The summed E-state index contributed by atoms with van der Waals surface area (Å²) in [5.74, 6) is 0.351. The first-order valence-electron chi connectivity index (χ1n) is 10.3. The molecular formula is C22H30N2O5S. The van der Waals surface area contributed by atoms with Gasteiger partial charge in [0.15, 0.2) is 16.4 Å². The Hall–Kier alpha value is -2.48. The van der Waals surface area contributed by atoms with Crippen LogP contribution in [0, 0.1) is 0 Å². The van der Waals surface area contributed by atoms with Crippen LogP contribution >= 0.6 is 0 Å². The SMILES string of the molecule is CCN1c2cc(OC)c(OC)cc2C(C)=C(C(=O)NCCC2=CCCCC2)S1(=O)=O. The fourth-order valence-corrected chi connectivity index (χ4v) is 5.88. The number of methoxy groups -OCH3 is 2. The molecule has 1 N–H and O–H groups in total. The molecule has 1 aliphatic carbocycles. The molecule has 0 bridgehead atoms. The number of carbonyl (C=O) groups excluding carboxylic acids is 1. The molecule has 0 aromatic heterocycles. The molecule has 1 aromatic rings. The highest BCUT2D eigenvalue weighted by atomic mass is 32.2. The number of anilines is 1. The molecule has 1 heterocycles. The lowest BCUT2D eigenvalue weighted by atomic mass is 9.97. The summed E-state index contributed by atoms with van der Waals surface area (Å²) >= 11 is 0. The number of ether oxygens (including phenoxy) is 2. The number of rotatable bonds is 7. The van der Waals surface area contributed by atoms with E-state index in [1.54, 1.807) is 26.0 Å². The molecular weight excluding hydrogens is 404 g/mol. The first kappa shape index (κ1) is 22.2. The Balaban J connectivity index is 1.96. The molecule has 0 atom stereocenters. The third kappa shape index (κ3) is 4.05. The van der Waals surface area contributed by atoms with Gasteiger partial charge in [0.05, 0.1) is 19.9 Å². The van der Waals surface area contributed by atoms with E-state index in [-0.39, 0.29) is 11.4 Å². The minimum atomic E-state index is -3.99. The maximum Gasteiger partial charge on any atom is 0.270 e. The second kappa shape index (κ2) is 9.12. The number of amides is 1. The van der Waals surface area contributed by atoms with Gasteiger partial charge in [-0.1, -0.05) is 11.6 Å². The summed E-state index contributed by atoms with van der Waals surface area (Å²) in [4.78, 5) is 12.8. The van der Waals surface area contributed by atoms with Crippen LogP contribution in [-0.4, -0.2) is 41.6 Å². The van der Waals surface area contributed by atoms with Crippen LogP contribution in [-0.2, 0) is 14.8 Å². The number of sulfonamides is 1. The Morgan fingerprint density at radius 2 is 1.87 bits per heavy atom. The number of allylic oxidation sites excluding steroid dienone is 2. The van der Waals surface area contributed by atoms with Crippen LogP contribution in [0.25, 0.3) is 5.57 Å². The highest BCUT2D eigenvalue weighted by Crippen LogP contribution is 2.44. The Morgan fingerprint density at radius 1 is 1.17 bits per heavy atom. The van der Waals surface area contributed by atoms with Crippen LogP contribution in [0.4, 0.5) is 5.69 Å². The molecule has 0 saturated carbocycles. The molecule has 0 radical (unpaired) electrons. The molecule has 30 heavy (non-hydrogen) atoms. The van der Waals surface area contributed by atoms with Gasteiger partial charge in [-0.15, -0.1) is 0 Å². The fraction of sp³-hybridized carbons (Fsp3) is 0.500. The van der Waals surface area contributed by atoms with Crippen LogP contribution in [0.2, 0.25) is 0 Å². The van der Waals surface area contributed by atoms with E-state index in [4.69, 9.17) is 9.47 Å². The number of hydrogen-bond donors (Lipinski definition) is 1. The molecule has 7 nitrogen and oxygen atoms in total. The van der Waals surface area contributed by atoms with Crippen molar-refractivity contribution >= 4 is 27.2 Å². The van der Waals surface area contributed by atoms with Crippen molar-refractivity contribution in [2.45, 2.75) is 46.0 Å². The molecule has 0 fully saturated rings. The molecule has 164 valence electrons. The predicted octanol–water partition coefficient (Wildman–Crippen LogP) is 3.61. The van der Waals surface area contributed by atoms with Gasteiger partial charge >= 0.3 is 0 Å². The highest BCUT2D eigenvalue weighted by molar-refractivity contribution is 7.97. The normalized spacial score (nSPS) is 17.9. The lowest BCUT2D eigenvalue weighted by Gasteiger charge is -2.32. The van der Waals surface area contributed by atoms with Gasteiger partial charge in [-0.2, -0.15) is 0 Å². The second-order valence-corrected chi connectivity index (χ2v) is 9.26. The van der Waals surface area contributed by atoms with E-state index in [0.717, 1.165) is 19.3 Å². The zero-order chi connectivity index (χ0) is 21.9. The summed E-state index contributed by atoms with van der Waals surface area (Å²) in [5.41, 5.74) is 2.86. The van der Waals surface area contributed by atoms with Crippen molar-refractivity contribution in [2.75, 3.05) is 31.6 Å². The molecule has 2 aliphatic rings. The minimum Gasteiger partial charge on any atom is -0.493 e. The molecule has 0 unspecified atom stereocenters. The fourth-order valence-electron chi connectivity index (χ4n) is 4.11. The van der Waals surface area contributed by atoms with Gasteiger partial charge in [-0.25, -0.2) is 8.42 Å². The average Bonchev–Trinajstić information content (AvgIpc) is 2.73. The van der Waals surface area contributed by atoms with E-state index in [1.165, 1.54) is 36.9 Å². The Labute approximate surface area is 178 Å². The van der Waals surface area contributed by atoms with Gasteiger partial charge < -0.3 is 14.8 Å². The summed E-state index contributed by atoms with van der Waals surface area (Å²) in [6, 6.07) is 3.36. The molecule has 1 aliphatic heterocycles. The van der Waals surface area contributed by atoms with Gasteiger partial charge in [0.1, 0.15) is 0 Å². The van der Waals surface area contributed by atoms with Crippen LogP contribution in [0.15, 0.2) is 28.7 Å². The minimum absolute atomic E-state index is 0.196. The van der Waals surface area contributed by atoms with Gasteiger partial charge in [0.25, 0.3) is 15.9 Å². The lowest BCUT2D eigenvalue weighted by Crippen LogP contribution is -2.41. The van der Waals surface area contributed by atoms with E-state index in [9.17, 15) is 13.2 Å². The van der Waals surface area contributed by atoms with Crippen LogP contribution in [0.1, 0.15) is 51.5 Å². The van der Waals surface area contributed by atoms with Crippen molar-refractivity contribution in [1.29, 1.82) is 0 Å². The lowest BCUT2D eigenvalue weighted by molar-refractivity contribution is -0.116. The van der Waals surface area contributed by atoms with E-state index < -0.39 is 15.9 Å². The maximum atomic E-state index is 13.3. The Morgan fingerprint density at radius 3 is 2.47 bits per heavy atom. The van der Waals surface area contributed by atoms with E-state index in [2.05, 4.69) is 11.4 Å². The summed E-state index contributed by atoms with van der Waals surface area (Å²) < 4.78 is 38.6. The van der Waals surface area contributed by atoms with Crippen molar-refractivity contribution in [2.24, 2.45) is 0 Å². The van der Waals surface area contributed by atoms with Crippen LogP contribution in [0.5, 0.6) is 11.5 Å². The summed E-state index contributed by atoms with van der Waals surface area (Å²) in [5, 5.41) is 2.81. The number of fused-ring (bicyclic) bond motifs is 1. The molecule has 3 rings (SSSR count). The van der Waals surface area contributed by atoms with Crippen molar-refractivity contribution in [3.8, 4) is 11.5 Å². The summed E-state index contributed by atoms with van der Waals surface area (Å²) in [6.07, 6.45) is 7.49. The first-order valence-corrected chi connectivity index (χ1v) is 11.7. The average molecular weight is 435 g/mol. The molecule has 0 spiro atoms. The molecule has 8 heteroatoms. The number of benzene rings is 1. The van der Waals surface area contributed by atoms with Crippen molar-refractivity contribution < 1.29 is 22.7 Å².